The molecule has 0 unspecified atom stereocenters. The van der Waals surface area contributed by atoms with Gasteiger partial charge in [-0.2, -0.15) is 0 Å². The summed E-state index contributed by atoms with van der Waals surface area (Å²) in [4.78, 5) is 22.7. The van der Waals surface area contributed by atoms with Crippen LogP contribution in [0.4, 0.5) is 0 Å². The van der Waals surface area contributed by atoms with E-state index in [2.05, 4.69) is 20.2 Å². The van der Waals surface area contributed by atoms with Gasteiger partial charge in [-0.25, -0.2) is 4.98 Å². The number of hydrogen-bond donors (Lipinski definition) is 1. The van der Waals surface area contributed by atoms with Crippen molar-refractivity contribution < 1.29 is 13.9 Å². The van der Waals surface area contributed by atoms with E-state index in [1.165, 1.54) is 12.4 Å². The molecule has 0 bridgehead atoms. The van der Waals surface area contributed by atoms with Gasteiger partial charge in [-0.1, -0.05) is 0 Å². The fourth-order valence-corrected chi connectivity index (χ4v) is 3.62. The van der Waals surface area contributed by atoms with E-state index in [9.17, 15) is 4.79 Å². The van der Waals surface area contributed by atoms with Gasteiger partial charge < -0.3 is 14.5 Å². The van der Waals surface area contributed by atoms with Crippen molar-refractivity contribution in [1.82, 2.24) is 20.2 Å². The number of fused-ring (bicyclic) bond motifs is 1. The standard InChI is InChI=1S/C17H20N4O3/c22-17(13-9-18-5-6-19-13)20-14-11-21(10-12-3-1-7-23-12)15-4-2-8-24-16(14)15/h1,3,5-7,9,14-16H,2,4,8,10-11H2,(H,20,22)/t14-,15+,16+/m1/s1. The van der Waals surface area contributed by atoms with E-state index in [1.54, 1.807) is 12.5 Å². The third-order valence-electron chi connectivity index (χ3n) is 4.68. The monoisotopic (exact) mass is 328 g/mol. The predicted molar refractivity (Wildman–Crippen MR) is 85.2 cm³/mol. The zero-order valence-corrected chi connectivity index (χ0v) is 13.3. The summed E-state index contributed by atoms with van der Waals surface area (Å²) in [7, 11) is 0. The van der Waals surface area contributed by atoms with Crippen LogP contribution in [0, 0.1) is 0 Å². The fourth-order valence-electron chi connectivity index (χ4n) is 3.62. The number of carbonyl (C=O) groups is 1. The van der Waals surface area contributed by atoms with Crippen LogP contribution in [0.1, 0.15) is 29.1 Å². The lowest BCUT2D eigenvalue weighted by Crippen LogP contribution is -2.47. The first-order valence-corrected chi connectivity index (χ1v) is 8.26. The Labute approximate surface area is 140 Å². The van der Waals surface area contributed by atoms with Gasteiger partial charge in [-0.3, -0.25) is 14.7 Å². The lowest BCUT2D eigenvalue weighted by molar-refractivity contribution is -0.0219. The minimum absolute atomic E-state index is 0.00864. The van der Waals surface area contributed by atoms with Crippen LogP contribution in [0.15, 0.2) is 41.4 Å². The molecule has 24 heavy (non-hydrogen) atoms. The molecule has 0 aromatic carbocycles. The van der Waals surface area contributed by atoms with Gasteiger partial charge in [0.1, 0.15) is 11.5 Å². The molecule has 2 aliphatic heterocycles. The van der Waals surface area contributed by atoms with Crippen LogP contribution in [0.5, 0.6) is 0 Å². The van der Waals surface area contributed by atoms with Crippen molar-refractivity contribution in [3.05, 3.63) is 48.4 Å². The van der Waals surface area contributed by atoms with Gasteiger partial charge in [-0.15, -0.1) is 0 Å². The summed E-state index contributed by atoms with van der Waals surface area (Å²) >= 11 is 0. The average molecular weight is 328 g/mol. The van der Waals surface area contributed by atoms with Gasteiger partial charge in [0.2, 0.25) is 0 Å². The van der Waals surface area contributed by atoms with Crippen molar-refractivity contribution in [1.29, 1.82) is 0 Å². The second-order valence-electron chi connectivity index (χ2n) is 6.22. The number of nitrogens with one attached hydrogen (secondary N) is 1. The van der Waals surface area contributed by atoms with Crippen LogP contribution < -0.4 is 5.32 Å². The number of amides is 1. The Hall–Kier alpha value is -2.25. The second kappa shape index (κ2) is 6.70. The number of rotatable bonds is 4. The van der Waals surface area contributed by atoms with Crippen molar-refractivity contribution in [3.8, 4) is 0 Å². The molecule has 0 spiro atoms. The van der Waals surface area contributed by atoms with Crippen molar-refractivity contribution in [2.75, 3.05) is 13.2 Å². The molecule has 4 rings (SSSR count). The highest BCUT2D eigenvalue weighted by molar-refractivity contribution is 5.92. The largest absolute Gasteiger partial charge is 0.468 e. The molecular formula is C17H20N4O3. The molecule has 7 nitrogen and oxygen atoms in total. The van der Waals surface area contributed by atoms with Crippen LogP contribution in [0.3, 0.4) is 0 Å². The molecule has 1 N–H and O–H groups in total. The zero-order chi connectivity index (χ0) is 16.4. The maximum atomic E-state index is 12.4. The predicted octanol–water partition coefficient (Wildman–Crippen LogP) is 1.23. The Morgan fingerprint density at radius 3 is 3.17 bits per heavy atom. The summed E-state index contributed by atoms with van der Waals surface area (Å²) in [6.07, 6.45) is 8.36. The number of aromatic nitrogens is 2. The minimum Gasteiger partial charge on any atom is -0.468 e. The highest BCUT2D eigenvalue weighted by Crippen LogP contribution is 2.30. The van der Waals surface area contributed by atoms with Crippen LogP contribution in [0.25, 0.3) is 0 Å². The Balaban J connectivity index is 1.47. The summed E-state index contributed by atoms with van der Waals surface area (Å²) in [5.74, 6) is 0.723. The van der Waals surface area contributed by atoms with E-state index >= 15 is 0 Å². The second-order valence-corrected chi connectivity index (χ2v) is 6.22. The molecule has 2 fully saturated rings. The Morgan fingerprint density at radius 2 is 2.38 bits per heavy atom. The zero-order valence-electron chi connectivity index (χ0n) is 13.3. The van der Waals surface area contributed by atoms with E-state index in [0.717, 1.165) is 38.3 Å². The topological polar surface area (TPSA) is 80.5 Å². The first-order chi connectivity index (χ1) is 11.8. The molecule has 2 saturated heterocycles. The molecule has 7 heteroatoms. The number of hydrogen-bond acceptors (Lipinski definition) is 6. The van der Waals surface area contributed by atoms with E-state index < -0.39 is 0 Å². The number of carbonyl (C=O) groups excluding carboxylic acids is 1. The third-order valence-corrected chi connectivity index (χ3v) is 4.68. The number of nitrogens with zero attached hydrogens (tertiary/aromatic N) is 3. The number of likely N-dealkylation sites (tertiary alicyclic amines) is 1. The van der Waals surface area contributed by atoms with Gasteiger partial charge in [0.15, 0.2) is 0 Å². The van der Waals surface area contributed by atoms with Crippen molar-refractivity contribution in [2.45, 2.75) is 37.6 Å². The van der Waals surface area contributed by atoms with Gasteiger partial charge in [-0.05, 0) is 25.0 Å². The van der Waals surface area contributed by atoms with E-state index in [4.69, 9.17) is 9.15 Å². The molecule has 126 valence electrons. The fraction of sp³-hybridized carbons (Fsp3) is 0.471. The van der Waals surface area contributed by atoms with E-state index in [-0.39, 0.29) is 18.1 Å². The van der Waals surface area contributed by atoms with E-state index in [0.29, 0.717) is 11.7 Å². The average Bonchev–Trinajstić information content (AvgIpc) is 3.25. The highest BCUT2D eigenvalue weighted by Gasteiger charge is 2.44. The van der Waals surface area contributed by atoms with Crippen LogP contribution in [0.2, 0.25) is 0 Å². The quantitative estimate of drug-likeness (QED) is 0.909. The summed E-state index contributed by atoms with van der Waals surface area (Å²) < 4.78 is 11.5. The van der Waals surface area contributed by atoms with Gasteiger partial charge >= 0.3 is 0 Å². The molecule has 0 saturated carbocycles. The number of ether oxygens (including phenoxy) is 1. The molecule has 0 aliphatic carbocycles. The molecule has 0 radical (unpaired) electrons. The Bertz CT molecular complexity index is 676. The van der Waals surface area contributed by atoms with Crippen LogP contribution >= 0.6 is 0 Å². The summed E-state index contributed by atoms with van der Waals surface area (Å²) in [5.41, 5.74) is 0.328. The first-order valence-electron chi connectivity index (χ1n) is 8.26. The number of furan rings is 1. The smallest absolute Gasteiger partial charge is 0.271 e. The van der Waals surface area contributed by atoms with Crippen LogP contribution in [-0.4, -0.2) is 52.1 Å². The summed E-state index contributed by atoms with van der Waals surface area (Å²) in [6.45, 7) is 2.21. The lowest BCUT2D eigenvalue weighted by atomic mass is 10.0. The molecule has 2 aromatic rings. The SMILES string of the molecule is O=C(N[C@@H]1CN(Cc2ccco2)[C@H]2CCCO[C@@H]12)c1cnccn1. The van der Waals surface area contributed by atoms with Crippen LogP contribution in [-0.2, 0) is 11.3 Å². The molecule has 3 atom stereocenters. The van der Waals surface area contributed by atoms with Gasteiger partial charge in [0, 0.05) is 31.6 Å². The summed E-state index contributed by atoms with van der Waals surface area (Å²) in [6, 6.07) is 4.12. The van der Waals surface area contributed by atoms with E-state index in [1.807, 2.05) is 12.1 Å². The Kier molecular flexibility index (Phi) is 4.27. The van der Waals surface area contributed by atoms with Crippen molar-refractivity contribution in [2.24, 2.45) is 0 Å². The maximum Gasteiger partial charge on any atom is 0.271 e. The summed E-state index contributed by atoms with van der Waals surface area (Å²) in [5, 5.41) is 3.07. The molecular weight excluding hydrogens is 308 g/mol. The van der Waals surface area contributed by atoms with Gasteiger partial charge in [0.05, 0.1) is 31.2 Å². The molecule has 2 aliphatic rings. The van der Waals surface area contributed by atoms with Crippen molar-refractivity contribution >= 4 is 5.91 Å². The highest BCUT2D eigenvalue weighted by atomic mass is 16.5. The first kappa shape index (κ1) is 15.3. The molecule has 4 heterocycles. The Morgan fingerprint density at radius 1 is 1.42 bits per heavy atom. The normalized spacial score (nSPS) is 26.9. The maximum absolute atomic E-state index is 12.4. The lowest BCUT2D eigenvalue weighted by Gasteiger charge is -2.32. The van der Waals surface area contributed by atoms with Crippen molar-refractivity contribution in [3.63, 3.8) is 0 Å². The minimum atomic E-state index is -0.208. The third kappa shape index (κ3) is 3.05. The molecule has 1 amide bonds. The molecule has 2 aromatic heterocycles. The van der Waals surface area contributed by atoms with Gasteiger partial charge in [0.25, 0.3) is 5.91 Å².